The van der Waals surface area contributed by atoms with E-state index in [0.29, 0.717) is 22.9 Å². The van der Waals surface area contributed by atoms with Crippen molar-refractivity contribution in [1.29, 1.82) is 0 Å². The highest BCUT2D eigenvalue weighted by Gasteiger charge is 2.23. The average molecular weight is 551 g/mol. The van der Waals surface area contributed by atoms with Crippen LogP contribution in [-0.2, 0) is 9.53 Å². The van der Waals surface area contributed by atoms with E-state index in [0.717, 1.165) is 32.4 Å². The van der Waals surface area contributed by atoms with E-state index in [9.17, 15) is 9.59 Å². The first-order valence-electron chi connectivity index (χ1n) is 13.7. The third-order valence-electron chi connectivity index (χ3n) is 7.18. The van der Waals surface area contributed by atoms with E-state index in [2.05, 4.69) is 69.6 Å². The van der Waals surface area contributed by atoms with E-state index in [1.54, 1.807) is 10.6 Å². The molecule has 0 fully saturated rings. The Morgan fingerprint density at radius 2 is 1.50 bits per heavy atom. The third kappa shape index (κ3) is 4.34. The first-order chi connectivity index (χ1) is 20.1. The molecule has 0 aliphatic heterocycles. The highest BCUT2D eigenvalue weighted by molar-refractivity contribution is 6.29. The lowest BCUT2D eigenvalue weighted by Gasteiger charge is -2.20. The Balaban J connectivity index is 1.43. The van der Waals surface area contributed by atoms with E-state index >= 15 is 0 Å². The van der Waals surface area contributed by atoms with Crippen molar-refractivity contribution in [2.75, 3.05) is 5.32 Å². The molecule has 3 heterocycles. The largest absolute Gasteiger partial charge is 0.443 e. The van der Waals surface area contributed by atoms with E-state index in [1.807, 2.05) is 51.1 Å². The number of pyridine rings is 2. The van der Waals surface area contributed by atoms with Gasteiger partial charge in [-0.05, 0) is 101 Å². The number of nitrogens with zero attached hydrogens (tertiary/aromatic N) is 3. The normalized spacial score (nSPS) is 11.8. The predicted octanol–water partition coefficient (Wildman–Crippen LogP) is 7.62. The number of benzene rings is 4. The number of nitrogens with one attached hydrogen (secondary N) is 1. The summed E-state index contributed by atoms with van der Waals surface area (Å²) in [7, 11) is 0. The number of hydrogen-bond donors (Lipinski definition) is 1. The fourth-order valence-electron chi connectivity index (χ4n) is 5.53. The van der Waals surface area contributed by atoms with Crippen molar-refractivity contribution in [3.05, 3.63) is 90.3 Å². The van der Waals surface area contributed by atoms with Gasteiger partial charge in [0.15, 0.2) is 5.65 Å². The van der Waals surface area contributed by atoms with Crippen LogP contribution in [0.15, 0.2) is 78.9 Å². The number of carbonyl (C=O) groups is 2. The monoisotopic (exact) mass is 550 g/mol. The number of ether oxygens (including phenoxy) is 1. The molecule has 1 N–H and O–H groups in total. The van der Waals surface area contributed by atoms with Gasteiger partial charge in [-0.15, -0.1) is 0 Å². The van der Waals surface area contributed by atoms with Crippen molar-refractivity contribution in [3.63, 3.8) is 0 Å². The van der Waals surface area contributed by atoms with Gasteiger partial charge in [0.25, 0.3) is 0 Å². The number of fused-ring (bicyclic) bond motifs is 3. The van der Waals surface area contributed by atoms with Crippen molar-refractivity contribution >= 4 is 72.1 Å². The molecule has 0 bridgehead atoms. The van der Waals surface area contributed by atoms with Gasteiger partial charge in [-0.1, -0.05) is 42.5 Å². The van der Waals surface area contributed by atoms with Gasteiger partial charge in [0.1, 0.15) is 22.8 Å². The molecule has 0 saturated carbocycles. The van der Waals surface area contributed by atoms with Crippen LogP contribution in [-0.4, -0.2) is 32.1 Å². The van der Waals surface area contributed by atoms with Gasteiger partial charge in [0.2, 0.25) is 5.91 Å². The quantitative estimate of drug-likeness (QED) is 0.168. The zero-order chi connectivity index (χ0) is 29.2. The predicted molar refractivity (Wildman–Crippen MR) is 167 cm³/mol. The van der Waals surface area contributed by atoms with Gasteiger partial charge in [0.05, 0.1) is 5.52 Å². The number of carbonyl (C=O) groups excluding carboxylic acids is 2. The van der Waals surface area contributed by atoms with Gasteiger partial charge < -0.3 is 10.1 Å². The summed E-state index contributed by atoms with van der Waals surface area (Å²) in [5, 5.41) is 11.2. The third-order valence-corrected chi connectivity index (χ3v) is 7.18. The molecule has 0 aliphatic rings. The minimum Gasteiger partial charge on any atom is -0.443 e. The van der Waals surface area contributed by atoms with Crippen LogP contribution in [0.2, 0.25) is 0 Å². The van der Waals surface area contributed by atoms with Gasteiger partial charge in [-0.2, -0.15) is 0 Å². The van der Waals surface area contributed by atoms with Crippen LogP contribution in [0.3, 0.4) is 0 Å². The molecule has 4 aromatic carbocycles. The molecule has 0 aliphatic carbocycles. The van der Waals surface area contributed by atoms with Crippen LogP contribution in [0.25, 0.3) is 54.3 Å². The molecular weight excluding hydrogens is 524 g/mol. The minimum absolute atomic E-state index is 0.210. The van der Waals surface area contributed by atoms with Crippen LogP contribution >= 0.6 is 0 Å². The van der Waals surface area contributed by atoms with E-state index in [-0.39, 0.29) is 5.91 Å². The van der Waals surface area contributed by atoms with Crippen LogP contribution in [0.1, 0.15) is 39.1 Å². The van der Waals surface area contributed by atoms with Crippen molar-refractivity contribution < 1.29 is 14.3 Å². The van der Waals surface area contributed by atoms with Crippen molar-refractivity contribution in [2.24, 2.45) is 0 Å². The summed E-state index contributed by atoms with van der Waals surface area (Å²) < 4.78 is 7.38. The Labute approximate surface area is 241 Å². The standard InChI is InChI=1S/C35H26N4O3/c1-20(40)36-30-17-12-23-10-13-25(37-33(23)38-30)14-15-26-19-28-27-16-11-22-7-5-6-21-8-9-24(32(27)31(21)22)18-29(28)39(26)34(41)42-35(2,3)4/h5-13,16-19H,1-4H3,(H,36,37,38,40). The molecule has 3 aromatic heterocycles. The molecule has 42 heavy (non-hydrogen) atoms. The van der Waals surface area contributed by atoms with Crippen molar-refractivity contribution in [3.8, 4) is 11.8 Å². The van der Waals surface area contributed by atoms with E-state index < -0.39 is 11.7 Å². The maximum Gasteiger partial charge on any atom is 0.420 e. The molecular formula is C35H26N4O3. The fourth-order valence-corrected chi connectivity index (χ4v) is 5.53. The Morgan fingerprint density at radius 1 is 0.786 bits per heavy atom. The second kappa shape index (κ2) is 9.28. The summed E-state index contributed by atoms with van der Waals surface area (Å²) in [4.78, 5) is 34.1. The Kier molecular flexibility index (Phi) is 5.63. The van der Waals surface area contributed by atoms with Crippen molar-refractivity contribution in [2.45, 2.75) is 33.3 Å². The van der Waals surface area contributed by atoms with Gasteiger partial charge in [0, 0.05) is 17.7 Å². The molecule has 0 unspecified atom stereocenters. The molecule has 0 radical (unpaired) electrons. The Hall–Kier alpha value is -5.48. The van der Waals surface area contributed by atoms with Crippen LogP contribution in [0.4, 0.5) is 10.6 Å². The van der Waals surface area contributed by atoms with Gasteiger partial charge >= 0.3 is 6.09 Å². The van der Waals surface area contributed by atoms with Gasteiger partial charge in [-0.3, -0.25) is 4.79 Å². The molecule has 0 spiro atoms. The van der Waals surface area contributed by atoms with E-state index in [4.69, 9.17) is 4.74 Å². The summed E-state index contributed by atoms with van der Waals surface area (Å²) in [6.45, 7) is 6.97. The topological polar surface area (TPSA) is 86.1 Å². The molecule has 0 saturated heterocycles. The Morgan fingerprint density at radius 3 is 2.26 bits per heavy atom. The molecule has 7 heteroatoms. The maximum absolute atomic E-state index is 13.6. The lowest BCUT2D eigenvalue weighted by Crippen LogP contribution is -2.27. The second-order valence-corrected chi connectivity index (χ2v) is 11.4. The number of amides is 1. The van der Waals surface area contributed by atoms with Gasteiger partial charge in [-0.25, -0.2) is 19.3 Å². The number of anilines is 1. The lowest BCUT2D eigenvalue weighted by molar-refractivity contribution is -0.114. The average Bonchev–Trinajstić information content (AvgIpc) is 3.31. The SMILES string of the molecule is CC(=O)Nc1ccc2ccc(C#Cc3cc4c5ccc6cccc7ccc(cc4n3C(=O)OC(C)(C)C)c5c76)nc2n1. The van der Waals surface area contributed by atoms with Crippen LogP contribution < -0.4 is 5.32 Å². The second-order valence-electron chi connectivity index (χ2n) is 11.4. The molecule has 7 aromatic rings. The molecule has 0 atom stereocenters. The van der Waals surface area contributed by atoms with E-state index in [1.165, 1.54) is 23.1 Å². The molecule has 7 rings (SSSR count). The maximum atomic E-state index is 13.6. The molecule has 1 amide bonds. The number of rotatable bonds is 1. The zero-order valence-corrected chi connectivity index (χ0v) is 23.6. The summed E-state index contributed by atoms with van der Waals surface area (Å²) in [6.07, 6.45) is -0.497. The molecule has 204 valence electrons. The first kappa shape index (κ1) is 25.5. The number of aromatic nitrogens is 3. The number of hydrogen-bond acceptors (Lipinski definition) is 5. The first-order valence-corrected chi connectivity index (χ1v) is 13.7. The highest BCUT2D eigenvalue weighted by Crippen LogP contribution is 2.39. The summed E-state index contributed by atoms with van der Waals surface area (Å²) in [5.74, 6) is 6.51. The smallest absolute Gasteiger partial charge is 0.420 e. The Bertz CT molecular complexity index is 2280. The minimum atomic E-state index is -0.689. The van der Waals surface area contributed by atoms with Crippen LogP contribution in [0.5, 0.6) is 0 Å². The van der Waals surface area contributed by atoms with Crippen LogP contribution in [0, 0.1) is 11.8 Å². The summed E-state index contributed by atoms with van der Waals surface area (Å²) in [6, 6.07) is 26.0. The fraction of sp³-hybridized carbons (Fsp3) is 0.143. The summed E-state index contributed by atoms with van der Waals surface area (Å²) >= 11 is 0. The zero-order valence-electron chi connectivity index (χ0n) is 23.6. The molecule has 7 nitrogen and oxygen atoms in total. The summed E-state index contributed by atoms with van der Waals surface area (Å²) in [5.41, 5.74) is 1.48. The lowest BCUT2D eigenvalue weighted by atomic mass is 9.93. The van der Waals surface area contributed by atoms with Crippen molar-refractivity contribution in [1.82, 2.24) is 14.5 Å². The highest BCUT2D eigenvalue weighted by atomic mass is 16.6.